The molecule has 0 aliphatic carbocycles. The number of rotatable bonds is 4. The number of ketones is 1. The van der Waals surface area contributed by atoms with Crippen molar-refractivity contribution < 1.29 is 18.0 Å². The Balaban J connectivity index is 3.17. The van der Waals surface area contributed by atoms with Gasteiger partial charge in [-0.05, 0) is 13.3 Å². The third-order valence-electron chi connectivity index (χ3n) is 2.72. The molecule has 0 aromatic heterocycles. The SMILES string of the molecule is C=CCC(C)(C(=O)c1ccccc1)C(F)(F)F. The van der Waals surface area contributed by atoms with Gasteiger partial charge in [-0.3, -0.25) is 4.79 Å². The van der Waals surface area contributed by atoms with Crippen LogP contribution in [0.15, 0.2) is 43.0 Å². The molecule has 1 aromatic carbocycles. The molecule has 1 nitrogen and oxygen atoms in total. The second-order valence-corrected chi connectivity index (χ2v) is 4.02. The first-order valence-corrected chi connectivity index (χ1v) is 5.10. The van der Waals surface area contributed by atoms with Gasteiger partial charge in [-0.2, -0.15) is 13.2 Å². The zero-order valence-corrected chi connectivity index (χ0v) is 9.42. The second-order valence-electron chi connectivity index (χ2n) is 4.02. The van der Waals surface area contributed by atoms with Gasteiger partial charge in [0.25, 0.3) is 0 Å². The van der Waals surface area contributed by atoms with E-state index in [4.69, 9.17) is 0 Å². The Bertz CT molecular complexity index is 408. The molecule has 0 aliphatic heterocycles. The molecule has 1 unspecified atom stereocenters. The number of hydrogen-bond donors (Lipinski definition) is 0. The van der Waals surface area contributed by atoms with Crippen LogP contribution in [0.4, 0.5) is 13.2 Å². The molecule has 0 bridgehead atoms. The minimum Gasteiger partial charge on any atom is -0.293 e. The molecule has 1 rings (SSSR count). The van der Waals surface area contributed by atoms with Crippen LogP contribution >= 0.6 is 0 Å². The van der Waals surface area contributed by atoms with Crippen molar-refractivity contribution in [3.8, 4) is 0 Å². The molecule has 0 heterocycles. The maximum atomic E-state index is 13.0. The van der Waals surface area contributed by atoms with Gasteiger partial charge in [0.1, 0.15) is 5.41 Å². The molecule has 1 aromatic rings. The minimum atomic E-state index is -4.59. The first kappa shape index (κ1) is 13.5. The van der Waals surface area contributed by atoms with Crippen LogP contribution in [0.1, 0.15) is 23.7 Å². The van der Waals surface area contributed by atoms with E-state index >= 15 is 0 Å². The minimum absolute atomic E-state index is 0.0641. The normalized spacial score (nSPS) is 15.1. The van der Waals surface area contributed by atoms with Crippen molar-refractivity contribution in [2.45, 2.75) is 19.5 Å². The van der Waals surface area contributed by atoms with Gasteiger partial charge in [-0.25, -0.2) is 0 Å². The van der Waals surface area contributed by atoms with E-state index in [0.717, 1.165) is 13.0 Å². The summed E-state index contributed by atoms with van der Waals surface area (Å²) in [7, 11) is 0. The topological polar surface area (TPSA) is 17.1 Å². The highest BCUT2D eigenvalue weighted by Gasteiger charge is 2.55. The Kier molecular flexibility index (Phi) is 3.76. The molecule has 0 amide bonds. The van der Waals surface area contributed by atoms with E-state index in [2.05, 4.69) is 6.58 Å². The maximum absolute atomic E-state index is 13.0. The Morgan fingerprint density at radius 2 is 1.82 bits per heavy atom. The largest absolute Gasteiger partial charge is 0.401 e. The van der Waals surface area contributed by atoms with Crippen molar-refractivity contribution in [2.24, 2.45) is 5.41 Å². The lowest BCUT2D eigenvalue weighted by Crippen LogP contribution is -2.42. The van der Waals surface area contributed by atoms with Crippen molar-refractivity contribution in [1.82, 2.24) is 0 Å². The number of allylic oxidation sites excluding steroid dienone is 1. The summed E-state index contributed by atoms with van der Waals surface area (Å²) in [6.07, 6.45) is -3.90. The van der Waals surface area contributed by atoms with Crippen LogP contribution in [0, 0.1) is 5.41 Å². The fourth-order valence-electron chi connectivity index (χ4n) is 1.53. The summed E-state index contributed by atoms with van der Waals surface area (Å²) in [5, 5.41) is 0. The number of Topliss-reactive ketones (excluding diaryl/α,β-unsaturated/α-hetero) is 1. The van der Waals surface area contributed by atoms with E-state index in [-0.39, 0.29) is 5.56 Å². The molecular weight excluding hydrogens is 229 g/mol. The summed E-state index contributed by atoms with van der Waals surface area (Å²) in [4.78, 5) is 11.9. The van der Waals surface area contributed by atoms with Crippen LogP contribution in [-0.2, 0) is 0 Å². The highest BCUT2D eigenvalue weighted by molar-refractivity contribution is 6.00. The molecule has 4 heteroatoms. The zero-order chi connectivity index (χ0) is 13.1. The van der Waals surface area contributed by atoms with Crippen LogP contribution in [-0.4, -0.2) is 12.0 Å². The van der Waals surface area contributed by atoms with Gasteiger partial charge in [0, 0.05) is 5.56 Å². The molecule has 92 valence electrons. The quantitative estimate of drug-likeness (QED) is 0.575. The Morgan fingerprint density at radius 3 is 2.24 bits per heavy atom. The van der Waals surface area contributed by atoms with Gasteiger partial charge < -0.3 is 0 Å². The third-order valence-corrected chi connectivity index (χ3v) is 2.72. The number of halogens is 3. The van der Waals surface area contributed by atoms with Gasteiger partial charge in [-0.1, -0.05) is 36.4 Å². The van der Waals surface area contributed by atoms with E-state index < -0.39 is 23.8 Å². The smallest absolute Gasteiger partial charge is 0.293 e. The first-order chi connectivity index (χ1) is 7.83. The molecule has 0 aliphatic rings. The Labute approximate surface area is 98.0 Å². The number of benzene rings is 1. The predicted octanol–water partition coefficient (Wildman–Crippen LogP) is 4.01. The first-order valence-electron chi connectivity index (χ1n) is 5.10. The highest BCUT2D eigenvalue weighted by atomic mass is 19.4. The van der Waals surface area contributed by atoms with E-state index in [1.54, 1.807) is 6.07 Å². The third kappa shape index (κ3) is 2.57. The van der Waals surface area contributed by atoms with E-state index in [9.17, 15) is 18.0 Å². The average Bonchev–Trinajstić information content (AvgIpc) is 2.28. The molecule has 17 heavy (non-hydrogen) atoms. The average molecular weight is 242 g/mol. The van der Waals surface area contributed by atoms with E-state index in [1.807, 2.05) is 0 Å². The zero-order valence-electron chi connectivity index (χ0n) is 9.42. The van der Waals surface area contributed by atoms with Crippen LogP contribution < -0.4 is 0 Å². The van der Waals surface area contributed by atoms with Gasteiger partial charge >= 0.3 is 6.18 Å². The van der Waals surface area contributed by atoms with Crippen LogP contribution in [0.5, 0.6) is 0 Å². The molecular formula is C13H13F3O. The van der Waals surface area contributed by atoms with Gasteiger partial charge in [0.05, 0.1) is 0 Å². The molecule has 0 saturated carbocycles. The summed E-state index contributed by atoms with van der Waals surface area (Å²) in [5.74, 6) is -0.925. The number of carbonyl (C=O) groups is 1. The van der Waals surface area contributed by atoms with Crippen LogP contribution in [0.25, 0.3) is 0 Å². The molecule has 0 fully saturated rings. The lowest BCUT2D eigenvalue weighted by Gasteiger charge is -2.29. The summed E-state index contributed by atoms with van der Waals surface area (Å²) < 4.78 is 38.9. The Morgan fingerprint density at radius 1 is 1.29 bits per heavy atom. The molecule has 0 N–H and O–H groups in total. The number of alkyl halides is 3. The lowest BCUT2D eigenvalue weighted by atomic mass is 9.78. The lowest BCUT2D eigenvalue weighted by molar-refractivity contribution is -0.197. The molecule has 0 saturated heterocycles. The fraction of sp³-hybridized carbons (Fsp3) is 0.308. The fourth-order valence-corrected chi connectivity index (χ4v) is 1.53. The highest BCUT2D eigenvalue weighted by Crippen LogP contribution is 2.43. The van der Waals surface area contributed by atoms with Crippen molar-refractivity contribution in [3.63, 3.8) is 0 Å². The summed E-state index contributed by atoms with van der Waals surface area (Å²) in [6.45, 7) is 4.19. The number of carbonyl (C=O) groups excluding carboxylic acids is 1. The van der Waals surface area contributed by atoms with Crippen molar-refractivity contribution in [2.75, 3.05) is 0 Å². The van der Waals surface area contributed by atoms with Gasteiger partial charge in [0.2, 0.25) is 0 Å². The molecule has 1 atom stereocenters. The molecule has 0 radical (unpaired) electrons. The maximum Gasteiger partial charge on any atom is 0.401 e. The number of hydrogen-bond acceptors (Lipinski definition) is 1. The van der Waals surface area contributed by atoms with Gasteiger partial charge in [-0.15, -0.1) is 6.58 Å². The summed E-state index contributed by atoms with van der Waals surface area (Å²) in [5.41, 5.74) is -2.34. The Hall–Kier alpha value is -1.58. The summed E-state index contributed by atoms with van der Waals surface area (Å²) in [6, 6.07) is 7.50. The summed E-state index contributed by atoms with van der Waals surface area (Å²) >= 11 is 0. The van der Waals surface area contributed by atoms with E-state index in [0.29, 0.717) is 0 Å². The molecule has 0 spiro atoms. The van der Waals surface area contributed by atoms with Crippen molar-refractivity contribution in [3.05, 3.63) is 48.6 Å². The second kappa shape index (κ2) is 4.73. The van der Waals surface area contributed by atoms with Crippen molar-refractivity contribution in [1.29, 1.82) is 0 Å². The van der Waals surface area contributed by atoms with Gasteiger partial charge in [0.15, 0.2) is 5.78 Å². The van der Waals surface area contributed by atoms with E-state index in [1.165, 1.54) is 24.3 Å². The standard InChI is InChI=1S/C13H13F3O/c1-3-9-12(2,13(14,15)16)11(17)10-7-5-4-6-8-10/h3-8H,1,9H2,2H3. The van der Waals surface area contributed by atoms with Crippen LogP contribution in [0.3, 0.4) is 0 Å². The monoisotopic (exact) mass is 242 g/mol. The predicted molar refractivity (Wildman–Crippen MR) is 59.7 cm³/mol. The van der Waals surface area contributed by atoms with Crippen LogP contribution in [0.2, 0.25) is 0 Å². The van der Waals surface area contributed by atoms with Crippen molar-refractivity contribution >= 4 is 5.78 Å².